The van der Waals surface area contributed by atoms with Crippen LogP contribution in [0.2, 0.25) is 0 Å². The summed E-state index contributed by atoms with van der Waals surface area (Å²) in [4.78, 5) is 9.16. The van der Waals surface area contributed by atoms with Gasteiger partial charge in [0.15, 0.2) is 11.6 Å². The molecule has 6 heteroatoms. The van der Waals surface area contributed by atoms with Gasteiger partial charge in [-0.15, -0.1) is 0 Å². The van der Waals surface area contributed by atoms with Gasteiger partial charge in [0.05, 0.1) is 5.69 Å². The van der Waals surface area contributed by atoms with Crippen molar-refractivity contribution < 1.29 is 8.78 Å². The molecule has 1 aliphatic rings. The number of hydrogen-bond acceptors (Lipinski definition) is 4. The number of aromatic nitrogens is 2. The molecule has 0 unspecified atom stereocenters. The predicted octanol–water partition coefficient (Wildman–Crippen LogP) is 5.52. The summed E-state index contributed by atoms with van der Waals surface area (Å²) in [5.41, 5.74) is 2.15. The predicted molar refractivity (Wildman–Crippen MR) is 103 cm³/mol. The summed E-state index contributed by atoms with van der Waals surface area (Å²) in [7, 11) is 0. The molecule has 27 heavy (non-hydrogen) atoms. The third-order valence-corrected chi connectivity index (χ3v) is 4.68. The van der Waals surface area contributed by atoms with E-state index < -0.39 is 11.6 Å². The lowest BCUT2D eigenvalue weighted by atomic mass is 10.1. The van der Waals surface area contributed by atoms with Crippen molar-refractivity contribution in [2.45, 2.75) is 31.7 Å². The first-order valence-electron chi connectivity index (χ1n) is 9.10. The molecule has 1 aromatic heterocycles. The van der Waals surface area contributed by atoms with E-state index in [4.69, 9.17) is 0 Å². The van der Waals surface area contributed by atoms with E-state index in [2.05, 4.69) is 20.6 Å². The zero-order valence-electron chi connectivity index (χ0n) is 14.8. The maximum atomic E-state index is 13.5. The van der Waals surface area contributed by atoms with Gasteiger partial charge in [-0.3, -0.25) is 0 Å². The zero-order valence-corrected chi connectivity index (χ0v) is 14.8. The summed E-state index contributed by atoms with van der Waals surface area (Å²) in [6.45, 7) is 0. The summed E-state index contributed by atoms with van der Waals surface area (Å²) in [5, 5.41) is 6.45. The molecule has 138 valence electrons. The molecule has 1 saturated carbocycles. The van der Waals surface area contributed by atoms with Gasteiger partial charge in [-0.25, -0.2) is 13.8 Å². The van der Waals surface area contributed by atoms with E-state index in [0.717, 1.165) is 36.2 Å². The van der Waals surface area contributed by atoms with E-state index in [1.807, 2.05) is 30.3 Å². The van der Waals surface area contributed by atoms with Crippen molar-refractivity contribution >= 4 is 17.5 Å². The van der Waals surface area contributed by atoms with Crippen LogP contribution in [-0.2, 0) is 0 Å². The van der Waals surface area contributed by atoms with Crippen molar-refractivity contribution in [2.24, 2.45) is 0 Å². The van der Waals surface area contributed by atoms with Gasteiger partial charge in [-0.2, -0.15) is 4.98 Å². The molecule has 3 aromatic rings. The summed E-state index contributed by atoms with van der Waals surface area (Å²) < 4.78 is 26.7. The van der Waals surface area contributed by atoms with Crippen molar-refractivity contribution in [2.75, 3.05) is 10.6 Å². The fourth-order valence-electron chi connectivity index (χ4n) is 3.31. The van der Waals surface area contributed by atoms with Crippen LogP contribution in [0.3, 0.4) is 0 Å². The lowest BCUT2D eigenvalue weighted by Crippen LogP contribution is -2.17. The molecule has 1 heterocycles. The largest absolute Gasteiger partial charge is 0.351 e. The summed E-state index contributed by atoms with van der Waals surface area (Å²) >= 11 is 0. The van der Waals surface area contributed by atoms with E-state index in [1.54, 1.807) is 6.07 Å². The minimum absolute atomic E-state index is 0.368. The van der Waals surface area contributed by atoms with Crippen LogP contribution in [0.5, 0.6) is 0 Å². The average Bonchev–Trinajstić information content (AvgIpc) is 3.18. The fourth-order valence-corrected chi connectivity index (χ4v) is 3.31. The Bertz CT molecular complexity index is 925. The smallest absolute Gasteiger partial charge is 0.225 e. The molecule has 4 rings (SSSR count). The number of benzene rings is 2. The molecule has 4 nitrogen and oxygen atoms in total. The summed E-state index contributed by atoms with van der Waals surface area (Å²) in [6.07, 6.45) is 4.61. The fraction of sp³-hybridized carbons (Fsp3) is 0.238. The molecular formula is C21H20F2N4. The SMILES string of the molecule is Fc1ccc(Nc2cc(-c3ccccc3)nc(NC3CCCC3)n2)cc1F. The van der Waals surface area contributed by atoms with Crippen molar-refractivity contribution in [3.8, 4) is 11.3 Å². The Kier molecular flexibility index (Phi) is 4.96. The molecule has 0 aliphatic heterocycles. The molecule has 0 saturated heterocycles. The number of anilines is 3. The number of hydrogen-bond donors (Lipinski definition) is 2. The number of nitrogens with one attached hydrogen (secondary N) is 2. The molecule has 0 bridgehead atoms. The number of rotatable bonds is 5. The molecule has 2 N–H and O–H groups in total. The number of nitrogens with zero attached hydrogens (tertiary/aromatic N) is 2. The quantitative estimate of drug-likeness (QED) is 0.624. The van der Waals surface area contributed by atoms with Crippen molar-refractivity contribution in [1.29, 1.82) is 0 Å². The van der Waals surface area contributed by atoms with Crippen LogP contribution in [-0.4, -0.2) is 16.0 Å². The van der Waals surface area contributed by atoms with Crippen LogP contribution in [0.15, 0.2) is 54.6 Å². The van der Waals surface area contributed by atoms with Crippen LogP contribution in [0.1, 0.15) is 25.7 Å². The third-order valence-electron chi connectivity index (χ3n) is 4.68. The van der Waals surface area contributed by atoms with Crippen LogP contribution in [0.4, 0.5) is 26.2 Å². The Hall–Kier alpha value is -3.02. The molecule has 0 atom stereocenters. The molecule has 0 spiro atoms. The highest BCUT2D eigenvalue weighted by Crippen LogP contribution is 2.26. The van der Waals surface area contributed by atoms with Gasteiger partial charge in [0.25, 0.3) is 0 Å². The minimum Gasteiger partial charge on any atom is -0.351 e. The zero-order chi connectivity index (χ0) is 18.6. The maximum Gasteiger partial charge on any atom is 0.225 e. The average molecular weight is 366 g/mol. The van der Waals surface area contributed by atoms with Crippen LogP contribution < -0.4 is 10.6 Å². The monoisotopic (exact) mass is 366 g/mol. The summed E-state index contributed by atoms with van der Waals surface area (Å²) in [6, 6.07) is 15.6. The second kappa shape index (κ2) is 7.70. The van der Waals surface area contributed by atoms with Gasteiger partial charge >= 0.3 is 0 Å². The second-order valence-electron chi connectivity index (χ2n) is 6.71. The lowest BCUT2D eigenvalue weighted by Gasteiger charge is -2.15. The molecular weight excluding hydrogens is 346 g/mol. The highest BCUT2D eigenvalue weighted by molar-refractivity contribution is 5.67. The summed E-state index contributed by atoms with van der Waals surface area (Å²) in [5.74, 6) is -0.720. The van der Waals surface area contributed by atoms with Crippen molar-refractivity contribution in [3.05, 3.63) is 66.2 Å². The van der Waals surface area contributed by atoms with Gasteiger partial charge in [-0.1, -0.05) is 43.2 Å². The highest BCUT2D eigenvalue weighted by Gasteiger charge is 2.17. The second-order valence-corrected chi connectivity index (χ2v) is 6.71. The molecule has 1 fully saturated rings. The Morgan fingerprint density at radius 2 is 1.63 bits per heavy atom. The Balaban J connectivity index is 1.67. The standard InChI is InChI=1S/C21H20F2N4/c22-17-11-10-16(12-18(17)23)24-20-13-19(14-6-2-1-3-7-14)26-21(27-20)25-15-8-4-5-9-15/h1-3,6-7,10-13,15H,4-5,8-9H2,(H2,24,25,26,27). The Morgan fingerprint density at radius 3 is 2.37 bits per heavy atom. The first-order chi connectivity index (χ1) is 13.2. The first-order valence-corrected chi connectivity index (χ1v) is 9.10. The van der Waals surface area contributed by atoms with Gasteiger partial charge in [0.2, 0.25) is 5.95 Å². The Labute approximate surface area is 156 Å². The highest BCUT2D eigenvalue weighted by atomic mass is 19.2. The topological polar surface area (TPSA) is 49.8 Å². The van der Waals surface area contributed by atoms with Crippen LogP contribution in [0, 0.1) is 11.6 Å². The van der Waals surface area contributed by atoms with E-state index >= 15 is 0 Å². The maximum absolute atomic E-state index is 13.5. The van der Waals surface area contributed by atoms with Crippen LogP contribution in [0.25, 0.3) is 11.3 Å². The van der Waals surface area contributed by atoms with Crippen molar-refractivity contribution in [3.63, 3.8) is 0 Å². The van der Waals surface area contributed by atoms with Gasteiger partial charge in [0, 0.05) is 29.4 Å². The normalized spacial score (nSPS) is 14.3. The molecule has 1 aliphatic carbocycles. The van der Waals surface area contributed by atoms with Gasteiger partial charge < -0.3 is 10.6 Å². The first kappa shape index (κ1) is 17.4. The van der Waals surface area contributed by atoms with Gasteiger partial charge in [0.1, 0.15) is 5.82 Å². The molecule has 0 radical (unpaired) electrons. The van der Waals surface area contributed by atoms with Gasteiger partial charge in [-0.05, 0) is 25.0 Å². The Morgan fingerprint density at radius 1 is 0.852 bits per heavy atom. The van der Waals surface area contributed by atoms with E-state index in [0.29, 0.717) is 23.5 Å². The minimum atomic E-state index is -0.901. The van der Waals surface area contributed by atoms with Crippen LogP contribution >= 0.6 is 0 Å². The van der Waals surface area contributed by atoms with E-state index in [9.17, 15) is 8.78 Å². The molecule has 0 amide bonds. The van der Waals surface area contributed by atoms with E-state index in [1.165, 1.54) is 18.9 Å². The van der Waals surface area contributed by atoms with E-state index in [-0.39, 0.29) is 0 Å². The third kappa shape index (κ3) is 4.22. The van der Waals surface area contributed by atoms with Crippen molar-refractivity contribution in [1.82, 2.24) is 9.97 Å². The lowest BCUT2D eigenvalue weighted by molar-refractivity contribution is 0.509. The number of halogens is 2. The molecule has 2 aromatic carbocycles.